The Kier molecular flexibility index (Phi) is 5.72. The van der Waals surface area contributed by atoms with Crippen molar-refractivity contribution in [1.82, 2.24) is 4.57 Å². The van der Waals surface area contributed by atoms with E-state index in [1.807, 2.05) is 54.6 Å². The lowest BCUT2D eigenvalue weighted by Gasteiger charge is -2.15. The molecular formula is C25H23N5O2. The van der Waals surface area contributed by atoms with Gasteiger partial charge in [0.15, 0.2) is 0 Å². The number of nitrogen functional groups attached to an aromatic ring is 2. The highest BCUT2D eigenvalue weighted by molar-refractivity contribution is 5.95. The SMILES string of the molecule is N=C(N)c1cccc(COc2cccc3ccc(=O)n(Cc4cccc(C(=N)N)c4)c23)c1. The van der Waals surface area contributed by atoms with Gasteiger partial charge in [0.2, 0.25) is 0 Å². The first-order valence-electron chi connectivity index (χ1n) is 10.0. The molecule has 0 unspecified atom stereocenters. The summed E-state index contributed by atoms with van der Waals surface area (Å²) in [5, 5.41) is 16.2. The lowest BCUT2D eigenvalue weighted by molar-refractivity contribution is 0.308. The highest BCUT2D eigenvalue weighted by Gasteiger charge is 2.11. The zero-order valence-corrected chi connectivity index (χ0v) is 17.3. The van der Waals surface area contributed by atoms with Crippen LogP contribution in [0, 0.1) is 10.8 Å². The molecule has 1 aromatic heterocycles. The zero-order valence-electron chi connectivity index (χ0n) is 17.3. The fourth-order valence-corrected chi connectivity index (χ4v) is 3.61. The Balaban J connectivity index is 1.72. The van der Waals surface area contributed by atoms with Crippen LogP contribution in [0.1, 0.15) is 22.3 Å². The average Bonchev–Trinajstić information content (AvgIpc) is 2.79. The first-order valence-corrected chi connectivity index (χ1v) is 10.0. The number of para-hydroxylation sites is 1. The zero-order chi connectivity index (χ0) is 22.7. The minimum absolute atomic E-state index is 0.00126. The summed E-state index contributed by atoms with van der Waals surface area (Å²) in [6, 6.07) is 23.6. The van der Waals surface area contributed by atoms with Crippen molar-refractivity contribution < 1.29 is 4.74 Å². The fourth-order valence-electron chi connectivity index (χ4n) is 3.61. The number of aromatic nitrogens is 1. The van der Waals surface area contributed by atoms with E-state index >= 15 is 0 Å². The Morgan fingerprint density at radius 3 is 2.12 bits per heavy atom. The first kappa shape index (κ1) is 20.9. The number of hydrogen-bond acceptors (Lipinski definition) is 4. The number of fused-ring (bicyclic) bond motifs is 1. The Bertz CT molecular complexity index is 1390. The quantitative estimate of drug-likeness (QED) is 0.267. The summed E-state index contributed by atoms with van der Waals surface area (Å²) < 4.78 is 7.77. The lowest BCUT2D eigenvalue weighted by atomic mass is 10.1. The summed E-state index contributed by atoms with van der Waals surface area (Å²) in [7, 11) is 0. The van der Waals surface area contributed by atoms with E-state index < -0.39 is 0 Å². The van der Waals surface area contributed by atoms with Crippen LogP contribution in [0.4, 0.5) is 0 Å². The summed E-state index contributed by atoms with van der Waals surface area (Å²) in [4.78, 5) is 12.8. The predicted octanol–water partition coefficient (Wildman–Crippen LogP) is 3.20. The largest absolute Gasteiger partial charge is 0.487 e. The predicted molar refractivity (Wildman–Crippen MR) is 127 cm³/mol. The molecule has 0 fully saturated rings. The van der Waals surface area contributed by atoms with Crippen LogP contribution < -0.4 is 21.8 Å². The van der Waals surface area contributed by atoms with E-state index in [-0.39, 0.29) is 23.8 Å². The van der Waals surface area contributed by atoms with Crippen molar-refractivity contribution in [2.45, 2.75) is 13.2 Å². The molecule has 3 aromatic carbocycles. The van der Waals surface area contributed by atoms with Gasteiger partial charge in [-0.15, -0.1) is 0 Å². The van der Waals surface area contributed by atoms with Crippen molar-refractivity contribution in [3.05, 3.63) is 111 Å². The number of amidine groups is 2. The maximum absolute atomic E-state index is 12.8. The number of benzene rings is 3. The van der Waals surface area contributed by atoms with Crippen LogP contribution in [0.15, 0.2) is 83.7 Å². The molecule has 7 nitrogen and oxygen atoms in total. The molecule has 0 aliphatic rings. The van der Waals surface area contributed by atoms with E-state index in [1.165, 1.54) is 6.07 Å². The number of ether oxygens (including phenoxy) is 1. The van der Waals surface area contributed by atoms with Gasteiger partial charge in [0.1, 0.15) is 24.0 Å². The number of rotatable bonds is 7. The number of pyridine rings is 1. The summed E-state index contributed by atoms with van der Waals surface area (Å²) in [5.74, 6) is 0.559. The smallest absolute Gasteiger partial charge is 0.251 e. The van der Waals surface area contributed by atoms with Crippen LogP contribution in [0.2, 0.25) is 0 Å². The Morgan fingerprint density at radius 2 is 1.44 bits per heavy atom. The van der Waals surface area contributed by atoms with E-state index in [0.717, 1.165) is 16.5 Å². The molecule has 0 spiro atoms. The molecule has 6 N–H and O–H groups in total. The first-order chi connectivity index (χ1) is 15.4. The molecule has 0 aliphatic carbocycles. The highest BCUT2D eigenvalue weighted by Crippen LogP contribution is 2.26. The van der Waals surface area contributed by atoms with Gasteiger partial charge in [0.05, 0.1) is 12.1 Å². The average molecular weight is 425 g/mol. The Labute approximate surface area is 184 Å². The highest BCUT2D eigenvalue weighted by atomic mass is 16.5. The molecule has 7 heteroatoms. The number of nitrogens with zero attached hydrogens (tertiary/aromatic N) is 1. The minimum atomic E-state index is -0.152. The molecule has 160 valence electrons. The second-order valence-corrected chi connectivity index (χ2v) is 7.47. The van der Waals surface area contributed by atoms with Crippen molar-refractivity contribution in [2.24, 2.45) is 11.5 Å². The molecule has 0 radical (unpaired) electrons. The molecule has 1 heterocycles. The minimum Gasteiger partial charge on any atom is -0.487 e. The van der Waals surface area contributed by atoms with E-state index in [2.05, 4.69) is 0 Å². The second kappa shape index (κ2) is 8.77. The van der Waals surface area contributed by atoms with Crippen LogP contribution in [-0.2, 0) is 13.2 Å². The standard InChI is InChI=1S/C25H23N5O2/c26-24(27)19-7-1-4-16(12-19)14-30-22(31)11-10-18-6-3-9-21(23(18)30)32-15-17-5-2-8-20(13-17)25(28)29/h1-13H,14-15H2,(H3,26,27)(H3,28,29). The van der Waals surface area contributed by atoms with Gasteiger partial charge in [-0.05, 0) is 35.4 Å². The summed E-state index contributed by atoms with van der Waals surface area (Å²) in [6.07, 6.45) is 0. The van der Waals surface area contributed by atoms with Gasteiger partial charge >= 0.3 is 0 Å². The maximum atomic E-state index is 12.8. The molecule has 0 saturated carbocycles. The van der Waals surface area contributed by atoms with Gasteiger partial charge in [-0.3, -0.25) is 15.6 Å². The van der Waals surface area contributed by atoms with Gasteiger partial charge in [-0.2, -0.15) is 0 Å². The molecule has 32 heavy (non-hydrogen) atoms. The molecule has 0 saturated heterocycles. The third kappa shape index (κ3) is 4.37. The van der Waals surface area contributed by atoms with E-state index in [0.29, 0.717) is 28.9 Å². The van der Waals surface area contributed by atoms with Crippen molar-refractivity contribution in [2.75, 3.05) is 0 Å². The van der Waals surface area contributed by atoms with Crippen molar-refractivity contribution in [1.29, 1.82) is 10.8 Å². The third-order valence-corrected chi connectivity index (χ3v) is 5.18. The third-order valence-electron chi connectivity index (χ3n) is 5.18. The van der Waals surface area contributed by atoms with Gasteiger partial charge in [0, 0.05) is 22.6 Å². The van der Waals surface area contributed by atoms with E-state index in [9.17, 15) is 4.79 Å². The molecule has 0 bridgehead atoms. The monoisotopic (exact) mass is 425 g/mol. The van der Waals surface area contributed by atoms with Crippen LogP contribution in [0.3, 0.4) is 0 Å². The molecular weight excluding hydrogens is 402 g/mol. The van der Waals surface area contributed by atoms with Gasteiger partial charge in [0.25, 0.3) is 5.56 Å². The summed E-state index contributed by atoms with van der Waals surface area (Å²) >= 11 is 0. The lowest BCUT2D eigenvalue weighted by Crippen LogP contribution is -2.21. The van der Waals surface area contributed by atoms with Crippen molar-refractivity contribution in [3.63, 3.8) is 0 Å². The Morgan fingerprint density at radius 1 is 0.812 bits per heavy atom. The summed E-state index contributed by atoms with van der Waals surface area (Å²) in [5.41, 5.74) is 14.7. The van der Waals surface area contributed by atoms with Crippen LogP contribution in [-0.4, -0.2) is 16.2 Å². The van der Waals surface area contributed by atoms with Crippen LogP contribution >= 0.6 is 0 Å². The Hall–Kier alpha value is -4.39. The fraction of sp³-hybridized carbons (Fsp3) is 0.0800. The number of nitrogens with one attached hydrogen (secondary N) is 2. The molecule has 0 aliphatic heterocycles. The molecule has 0 atom stereocenters. The normalized spacial score (nSPS) is 10.8. The van der Waals surface area contributed by atoms with Gasteiger partial charge in [-0.1, -0.05) is 48.5 Å². The van der Waals surface area contributed by atoms with Crippen molar-refractivity contribution in [3.8, 4) is 5.75 Å². The topological polar surface area (TPSA) is 131 Å². The number of nitrogens with two attached hydrogens (primary N) is 2. The molecule has 0 amide bonds. The van der Waals surface area contributed by atoms with Gasteiger partial charge < -0.3 is 20.8 Å². The molecule has 4 rings (SSSR count). The van der Waals surface area contributed by atoms with E-state index in [1.54, 1.807) is 22.8 Å². The maximum Gasteiger partial charge on any atom is 0.251 e. The van der Waals surface area contributed by atoms with Gasteiger partial charge in [-0.25, -0.2) is 0 Å². The summed E-state index contributed by atoms with van der Waals surface area (Å²) in [6.45, 7) is 0.584. The van der Waals surface area contributed by atoms with Crippen LogP contribution in [0.25, 0.3) is 10.9 Å². The second-order valence-electron chi connectivity index (χ2n) is 7.47. The molecule has 4 aromatic rings. The van der Waals surface area contributed by atoms with E-state index in [4.69, 9.17) is 27.0 Å². The van der Waals surface area contributed by atoms with Crippen molar-refractivity contribution >= 4 is 22.6 Å². The number of hydrogen-bond donors (Lipinski definition) is 4. The van der Waals surface area contributed by atoms with Crippen LogP contribution in [0.5, 0.6) is 5.75 Å².